The van der Waals surface area contributed by atoms with Crippen molar-refractivity contribution in [3.63, 3.8) is 0 Å². The van der Waals surface area contributed by atoms with Crippen molar-refractivity contribution in [3.8, 4) is 11.1 Å². The van der Waals surface area contributed by atoms with Crippen molar-refractivity contribution < 1.29 is 14.3 Å². The summed E-state index contributed by atoms with van der Waals surface area (Å²) in [6.07, 6.45) is 5.38. The Balaban J connectivity index is 1.80. The second kappa shape index (κ2) is 5.37. The molecule has 3 rings (SSSR count). The van der Waals surface area contributed by atoms with Crippen molar-refractivity contribution in [3.05, 3.63) is 48.4 Å². The van der Waals surface area contributed by atoms with E-state index in [2.05, 4.69) is 5.32 Å². The number of aliphatic hydroxyl groups is 1. The van der Waals surface area contributed by atoms with Gasteiger partial charge in [-0.3, -0.25) is 4.79 Å². The van der Waals surface area contributed by atoms with Gasteiger partial charge in [0.15, 0.2) is 0 Å². The molecule has 1 aromatic carbocycles. The molecule has 1 fully saturated rings. The van der Waals surface area contributed by atoms with Crippen LogP contribution < -0.4 is 5.32 Å². The van der Waals surface area contributed by atoms with Gasteiger partial charge in [0, 0.05) is 11.1 Å². The van der Waals surface area contributed by atoms with E-state index < -0.39 is 5.54 Å². The van der Waals surface area contributed by atoms with Crippen LogP contribution in [0.15, 0.2) is 47.3 Å². The molecule has 1 heterocycles. The third-order valence-electron chi connectivity index (χ3n) is 4.19. The maximum absolute atomic E-state index is 12.4. The molecular formula is C17H19NO3. The molecule has 0 spiro atoms. The van der Waals surface area contributed by atoms with Gasteiger partial charge in [-0.1, -0.05) is 12.1 Å². The largest absolute Gasteiger partial charge is 0.472 e. The fourth-order valence-corrected chi connectivity index (χ4v) is 2.59. The Labute approximate surface area is 123 Å². The lowest BCUT2D eigenvalue weighted by atomic mass is 9.96. The van der Waals surface area contributed by atoms with Crippen LogP contribution in [0, 0.1) is 5.92 Å². The average molecular weight is 285 g/mol. The van der Waals surface area contributed by atoms with Gasteiger partial charge in [0.25, 0.3) is 5.91 Å². The van der Waals surface area contributed by atoms with Crippen molar-refractivity contribution in [1.82, 2.24) is 5.32 Å². The van der Waals surface area contributed by atoms with E-state index in [1.54, 1.807) is 18.6 Å². The van der Waals surface area contributed by atoms with E-state index in [0.717, 1.165) is 24.0 Å². The van der Waals surface area contributed by atoms with Crippen molar-refractivity contribution in [2.75, 3.05) is 6.61 Å². The second-order valence-electron chi connectivity index (χ2n) is 5.90. The van der Waals surface area contributed by atoms with Crippen LogP contribution in [-0.4, -0.2) is 23.2 Å². The summed E-state index contributed by atoms with van der Waals surface area (Å²) in [6.45, 7) is 1.87. The Morgan fingerprint density at radius 3 is 2.81 bits per heavy atom. The Hall–Kier alpha value is -2.07. The van der Waals surface area contributed by atoms with Gasteiger partial charge in [0.1, 0.15) is 0 Å². The van der Waals surface area contributed by atoms with Crippen LogP contribution in [0.3, 0.4) is 0 Å². The maximum Gasteiger partial charge on any atom is 0.251 e. The lowest BCUT2D eigenvalue weighted by Crippen LogP contribution is -2.50. The number of nitrogens with one attached hydrogen (secondary N) is 1. The SMILES string of the molecule is CC(CO)(NC(=O)c1cccc(-c2ccoc2)c1)C1CC1. The Morgan fingerprint density at radius 1 is 1.38 bits per heavy atom. The van der Waals surface area contributed by atoms with Crippen LogP contribution in [0.1, 0.15) is 30.1 Å². The summed E-state index contributed by atoms with van der Waals surface area (Å²) in [5, 5.41) is 12.6. The van der Waals surface area contributed by atoms with Crippen LogP contribution in [0.2, 0.25) is 0 Å². The van der Waals surface area contributed by atoms with Gasteiger partial charge in [-0.2, -0.15) is 0 Å². The summed E-state index contributed by atoms with van der Waals surface area (Å²) in [7, 11) is 0. The summed E-state index contributed by atoms with van der Waals surface area (Å²) < 4.78 is 5.07. The molecule has 110 valence electrons. The summed E-state index contributed by atoms with van der Waals surface area (Å²) in [5.41, 5.74) is 1.95. The Kier molecular flexibility index (Phi) is 3.55. The molecule has 0 bridgehead atoms. The molecule has 0 aliphatic heterocycles. The summed E-state index contributed by atoms with van der Waals surface area (Å²) in [5.74, 6) is 0.229. The molecule has 1 amide bonds. The average Bonchev–Trinajstić information content (AvgIpc) is 3.23. The molecular weight excluding hydrogens is 266 g/mol. The number of hydrogen-bond donors (Lipinski definition) is 2. The van der Waals surface area contributed by atoms with Gasteiger partial charge in [-0.15, -0.1) is 0 Å². The molecule has 1 saturated carbocycles. The zero-order valence-electron chi connectivity index (χ0n) is 12.0. The summed E-state index contributed by atoms with van der Waals surface area (Å²) >= 11 is 0. The highest BCUT2D eigenvalue weighted by molar-refractivity contribution is 5.96. The lowest BCUT2D eigenvalue weighted by molar-refractivity contribution is 0.0824. The van der Waals surface area contributed by atoms with Crippen LogP contribution >= 0.6 is 0 Å². The van der Waals surface area contributed by atoms with Crippen LogP contribution in [-0.2, 0) is 0 Å². The standard InChI is InChI=1S/C17H19NO3/c1-17(11-19,15-5-6-15)18-16(20)13-4-2-3-12(9-13)14-7-8-21-10-14/h2-4,7-10,15,19H,5-6,11H2,1H3,(H,18,20). The molecule has 0 saturated heterocycles. The highest BCUT2D eigenvalue weighted by Gasteiger charge is 2.42. The minimum absolute atomic E-state index is 0.0369. The molecule has 2 aromatic rings. The number of carbonyl (C=O) groups is 1. The third-order valence-corrected chi connectivity index (χ3v) is 4.19. The predicted molar refractivity (Wildman–Crippen MR) is 79.8 cm³/mol. The molecule has 1 aliphatic carbocycles. The number of carbonyl (C=O) groups excluding carboxylic acids is 1. The molecule has 1 atom stereocenters. The third kappa shape index (κ3) is 2.85. The molecule has 1 unspecified atom stereocenters. The van der Waals surface area contributed by atoms with E-state index in [9.17, 15) is 9.90 Å². The molecule has 2 N–H and O–H groups in total. The number of rotatable bonds is 5. The van der Waals surface area contributed by atoms with E-state index in [1.807, 2.05) is 31.2 Å². The number of furan rings is 1. The van der Waals surface area contributed by atoms with Crippen LogP contribution in [0.25, 0.3) is 11.1 Å². The molecule has 1 aliphatic rings. The first-order chi connectivity index (χ1) is 10.1. The fraction of sp³-hybridized carbons (Fsp3) is 0.353. The number of hydrogen-bond acceptors (Lipinski definition) is 3. The second-order valence-corrected chi connectivity index (χ2v) is 5.90. The van der Waals surface area contributed by atoms with Crippen molar-refractivity contribution >= 4 is 5.91 Å². The summed E-state index contributed by atoms with van der Waals surface area (Å²) in [4.78, 5) is 12.4. The number of benzene rings is 1. The zero-order chi connectivity index (χ0) is 14.9. The van der Waals surface area contributed by atoms with Crippen molar-refractivity contribution in [2.45, 2.75) is 25.3 Å². The van der Waals surface area contributed by atoms with Crippen molar-refractivity contribution in [1.29, 1.82) is 0 Å². The highest BCUT2D eigenvalue weighted by Crippen LogP contribution is 2.39. The quantitative estimate of drug-likeness (QED) is 0.888. The minimum atomic E-state index is -0.525. The van der Waals surface area contributed by atoms with Gasteiger partial charge in [0.2, 0.25) is 0 Å². The monoisotopic (exact) mass is 285 g/mol. The van der Waals surface area contributed by atoms with Gasteiger partial charge < -0.3 is 14.8 Å². The first-order valence-corrected chi connectivity index (χ1v) is 7.18. The molecule has 0 radical (unpaired) electrons. The van der Waals surface area contributed by atoms with E-state index >= 15 is 0 Å². The first-order valence-electron chi connectivity index (χ1n) is 7.18. The topological polar surface area (TPSA) is 62.5 Å². The molecule has 4 nitrogen and oxygen atoms in total. The van der Waals surface area contributed by atoms with Gasteiger partial charge in [0.05, 0.1) is 24.7 Å². The van der Waals surface area contributed by atoms with Crippen LogP contribution in [0.4, 0.5) is 0 Å². The minimum Gasteiger partial charge on any atom is -0.472 e. The smallest absolute Gasteiger partial charge is 0.251 e. The number of amides is 1. The fourth-order valence-electron chi connectivity index (χ4n) is 2.59. The van der Waals surface area contributed by atoms with E-state index in [-0.39, 0.29) is 12.5 Å². The molecule has 21 heavy (non-hydrogen) atoms. The Bertz CT molecular complexity index is 631. The van der Waals surface area contributed by atoms with E-state index in [0.29, 0.717) is 11.5 Å². The van der Waals surface area contributed by atoms with E-state index in [1.165, 1.54) is 0 Å². The lowest BCUT2D eigenvalue weighted by Gasteiger charge is -2.28. The molecule has 4 heteroatoms. The van der Waals surface area contributed by atoms with Gasteiger partial charge >= 0.3 is 0 Å². The highest BCUT2D eigenvalue weighted by atomic mass is 16.3. The summed E-state index contributed by atoms with van der Waals surface area (Å²) in [6, 6.07) is 9.27. The zero-order valence-corrected chi connectivity index (χ0v) is 12.0. The van der Waals surface area contributed by atoms with Crippen molar-refractivity contribution in [2.24, 2.45) is 5.92 Å². The van der Waals surface area contributed by atoms with Gasteiger partial charge in [-0.05, 0) is 49.4 Å². The Morgan fingerprint density at radius 2 is 2.19 bits per heavy atom. The molecule has 1 aromatic heterocycles. The van der Waals surface area contributed by atoms with E-state index in [4.69, 9.17) is 4.42 Å². The first kappa shape index (κ1) is 13.9. The van der Waals surface area contributed by atoms with Gasteiger partial charge in [-0.25, -0.2) is 0 Å². The van der Waals surface area contributed by atoms with Crippen LogP contribution in [0.5, 0.6) is 0 Å². The number of aliphatic hydroxyl groups excluding tert-OH is 1. The maximum atomic E-state index is 12.4. The predicted octanol–water partition coefficient (Wildman–Crippen LogP) is 2.84. The normalized spacial score (nSPS) is 17.2.